The van der Waals surface area contributed by atoms with Gasteiger partial charge in [0.1, 0.15) is 5.65 Å². The third-order valence-electron chi connectivity index (χ3n) is 2.95. The van der Waals surface area contributed by atoms with Crippen LogP contribution in [-0.2, 0) is 0 Å². The second kappa shape index (κ2) is 3.24. The number of hydrogen-bond acceptors (Lipinski definition) is 1. The van der Waals surface area contributed by atoms with Crippen molar-refractivity contribution >= 4 is 17.2 Å². The molecular formula is C12H13ClN2. The molecule has 1 aliphatic rings. The van der Waals surface area contributed by atoms with E-state index in [1.54, 1.807) is 0 Å². The molecule has 2 aromatic heterocycles. The molecule has 3 rings (SSSR count). The predicted octanol–water partition coefficient (Wildman–Crippen LogP) is 3.51. The quantitative estimate of drug-likeness (QED) is 0.708. The fraction of sp³-hybridized carbons (Fsp3) is 0.417. The van der Waals surface area contributed by atoms with Gasteiger partial charge < -0.3 is 4.40 Å². The van der Waals surface area contributed by atoms with Crippen LogP contribution in [0.5, 0.6) is 0 Å². The van der Waals surface area contributed by atoms with Crippen molar-refractivity contribution in [2.45, 2.75) is 31.1 Å². The monoisotopic (exact) mass is 220 g/mol. The highest BCUT2D eigenvalue weighted by molar-refractivity contribution is 6.20. The fourth-order valence-corrected chi connectivity index (χ4v) is 1.97. The Labute approximate surface area is 93.9 Å². The van der Waals surface area contributed by atoms with E-state index in [1.807, 2.05) is 13.0 Å². The summed E-state index contributed by atoms with van der Waals surface area (Å²) in [6.45, 7) is 1.99. The normalized spacial score (nSPS) is 18.3. The number of fused-ring (bicyclic) bond motifs is 1. The molecule has 0 spiro atoms. The molecule has 15 heavy (non-hydrogen) atoms. The second-order valence-corrected chi connectivity index (χ2v) is 4.94. The van der Waals surface area contributed by atoms with E-state index in [0.717, 1.165) is 11.2 Å². The number of halogens is 1. The van der Waals surface area contributed by atoms with Crippen LogP contribution in [0.1, 0.15) is 42.3 Å². The van der Waals surface area contributed by atoms with Crippen molar-refractivity contribution in [3.05, 3.63) is 35.8 Å². The van der Waals surface area contributed by atoms with Crippen LogP contribution < -0.4 is 0 Å². The summed E-state index contributed by atoms with van der Waals surface area (Å²) in [7, 11) is 0. The molecule has 0 saturated heterocycles. The first-order valence-electron chi connectivity index (χ1n) is 5.36. The summed E-state index contributed by atoms with van der Waals surface area (Å²) < 4.78 is 2.09. The minimum Gasteiger partial charge on any atom is -0.306 e. The zero-order valence-corrected chi connectivity index (χ0v) is 9.41. The lowest BCUT2D eigenvalue weighted by Crippen LogP contribution is -1.89. The third-order valence-corrected chi connectivity index (χ3v) is 3.20. The first-order valence-corrected chi connectivity index (χ1v) is 5.80. The van der Waals surface area contributed by atoms with Crippen molar-refractivity contribution in [3.63, 3.8) is 0 Å². The van der Waals surface area contributed by atoms with Gasteiger partial charge >= 0.3 is 0 Å². The van der Waals surface area contributed by atoms with Crippen molar-refractivity contribution in [3.8, 4) is 0 Å². The summed E-state index contributed by atoms with van der Waals surface area (Å²) in [5.41, 5.74) is 3.40. The van der Waals surface area contributed by atoms with E-state index in [2.05, 4.69) is 27.8 Å². The number of imidazole rings is 1. The Morgan fingerprint density at radius 2 is 2.20 bits per heavy atom. The SMILES string of the molecule is CC(Cl)c1ccc2nc(C3CC3)cn2c1. The highest BCUT2D eigenvalue weighted by Gasteiger charge is 2.26. The molecule has 0 radical (unpaired) electrons. The van der Waals surface area contributed by atoms with E-state index in [1.165, 1.54) is 18.5 Å². The van der Waals surface area contributed by atoms with Gasteiger partial charge in [0.25, 0.3) is 0 Å². The standard InChI is InChI=1S/C12H13ClN2/c1-8(13)10-4-5-12-14-11(9-2-3-9)7-15(12)6-10/h4-9H,2-3H2,1H3. The van der Waals surface area contributed by atoms with Crippen LogP contribution >= 0.6 is 11.6 Å². The van der Waals surface area contributed by atoms with Gasteiger partial charge in [-0.1, -0.05) is 6.07 Å². The molecule has 1 aliphatic carbocycles. The molecule has 1 saturated carbocycles. The van der Waals surface area contributed by atoms with Gasteiger partial charge in [-0.05, 0) is 31.4 Å². The summed E-state index contributed by atoms with van der Waals surface area (Å²) in [6.07, 6.45) is 6.80. The number of alkyl halides is 1. The molecule has 2 heterocycles. The molecule has 1 fully saturated rings. The topological polar surface area (TPSA) is 17.3 Å². The molecule has 0 N–H and O–H groups in total. The van der Waals surface area contributed by atoms with E-state index in [-0.39, 0.29) is 5.38 Å². The molecule has 78 valence electrons. The number of pyridine rings is 1. The van der Waals surface area contributed by atoms with Gasteiger partial charge in [0, 0.05) is 18.3 Å². The number of hydrogen-bond donors (Lipinski definition) is 0. The summed E-state index contributed by atoms with van der Waals surface area (Å²) in [5, 5.41) is 0.0566. The molecule has 2 nitrogen and oxygen atoms in total. The maximum Gasteiger partial charge on any atom is 0.137 e. The Bertz CT molecular complexity index is 497. The molecule has 1 atom stereocenters. The lowest BCUT2D eigenvalue weighted by Gasteiger charge is -2.02. The number of nitrogens with zero attached hydrogens (tertiary/aromatic N) is 2. The summed E-state index contributed by atoms with van der Waals surface area (Å²) in [4.78, 5) is 4.60. The Kier molecular flexibility index (Phi) is 1.99. The van der Waals surface area contributed by atoms with E-state index in [4.69, 9.17) is 11.6 Å². The Morgan fingerprint density at radius 3 is 2.87 bits per heavy atom. The molecule has 0 amide bonds. The predicted molar refractivity (Wildman–Crippen MR) is 61.4 cm³/mol. The van der Waals surface area contributed by atoms with Gasteiger partial charge in [0.15, 0.2) is 0 Å². The molecule has 2 aromatic rings. The maximum absolute atomic E-state index is 6.05. The summed E-state index contributed by atoms with van der Waals surface area (Å²) in [6, 6.07) is 4.09. The first-order chi connectivity index (χ1) is 7.24. The average molecular weight is 221 g/mol. The maximum atomic E-state index is 6.05. The van der Waals surface area contributed by atoms with Gasteiger partial charge in [0.05, 0.1) is 11.1 Å². The van der Waals surface area contributed by atoms with Gasteiger partial charge in [-0.3, -0.25) is 0 Å². The van der Waals surface area contributed by atoms with Crippen LogP contribution in [0.15, 0.2) is 24.5 Å². The summed E-state index contributed by atoms with van der Waals surface area (Å²) in [5.74, 6) is 0.710. The van der Waals surface area contributed by atoms with E-state index in [9.17, 15) is 0 Å². The van der Waals surface area contributed by atoms with Crippen LogP contribution in [0.3, 0.4) is 0 Å². The second-order valence-electron chi connectivity index (χ2n) is 4.28. The minimum atomic E-state index is 0.0566. The zero-order chi connectivity index (χ0) is 10.4. The van der Waals surface area contributed by atoms with Crippen molar-refractivity contribution in [1.29, 1.82) is 0 Å². The van der Waals surface area contributed by atoms with E-state index in [0.29, 0.717) is 5.92 Å². The third kappa shape index (κ3) is 1.63. The van der Waals surface area contributed by atoms with Crippen LogP contribution in [0.2, 0.25) is 0 Å². The molecule has 3 heteroatoms. The Balaban J connectivity index is 2.09. The molecule has 0 aliphatic heterocycles. The number of aromatic nitrogens is 2. The molecule has 0 aromatic carbocycles. The van der Waals surface area contributed by atoms with Crippen molar-refractivity contribution in [2.75, 3.05) is 0 Å². The van der Waals surface area contributed by atoms with E-state index < -0.39 is 0 Å². The lowest BCUT2D eigenvalue weighted by molar-refractivity contribution is 1.03. The smallest absolute Gasteiger partial charge is 0.137 e. The van der Waals surface area contributed by atoms with Gasteiger partial charge in [-0.15, -0.1) is 11.6 Å². The lowest BCUT2D eigenvalue weighted by atomic mass is 10.2. The molecular weight excluding hydrogens is 208 g/mol. The van der Waals surface area contributed by atoms with Crippen LogP contribution in [0.25, 0.3) is 5.65 Å². The van der Waals surface area contributed by atoms with E-state index >= 15 is 0 Å². The fourth-order valence-electron chi connectivity index (χ4n) is 1.84. The molecule has 0 bridgehead atoms. The first kappa shape index (κ1) is 9.22. The minimum absolute atomic E-state index is 0.0566. The average Bonchev–Trinajstić information content (AvgIpc) is 2.97. The van der Waals surface area contributed by atoms with Crippen LogP contribution in [0.4, 0.5) is 0 Å². The number of rotatable bonds is 2. The molecule has 1 unspecified atom stereocenters. The van der Waals surface area contributed by atoms with Crippen molar-refractivity contribution in [2.24, 2.45) is 0 Å². The van der Waals surface area contributed by atoms with Crippen molar-refractivity contribution in [1.82, 2.24) is 9.38 Å². The highest BCUT2D eigenvalue weighted by atomic mass is 35.5. The zero-order valence-electron chi connectivity index (χ0n) is 8.65. The largest absolute Gasteiger partial charge is 0.306 e. The van der Waals surface area contributed by atoms with Gasteiger partial charge in [-0.2, -0.15) is 0 Å². The van der Waals surface area contributed by atoms with Gasteiger partial charge in [-0.25, -0.2) is 4.98 Å². The Morgan fingerprint density at radius 1 is 1.40 bits per heavy atom. The summed E-state index contributed by atoms with van der Waals surface area (Å²) >= 11 is 6.05. The highest BCUT2D eigenvalue weighted by Crippen LogP contribution is 2.39. The Hall–Kier alpha value is -1.02. The van der Waals surface area contributed by atoms with Crippen LogP contribution in [0, 0.1) is 0 Å². The van der Waals surface area contributed by atoms with Gasteiger partial charge in [0.2, 0.25) is 0 Å². The van der Waals surface area contributed by atoms with Crippen molar-refractivity contribution < 1.29 is 0 Å². The van der Waals surface area contributed by atoms with Crippen LogP contribution in [-0.4, -0.2) is 9.38 Å².